The summed E-state index contributed by atoms with van der Waals surface area (Å²) in [7, 11) is 0. The number of rotatable bonds is 2. The highest BCUT2D eigenvalue weighted by Gasteiger charge is 2.17. The standard InChI is InChI=1S/C13H14ClN5/c1-9-4-5-10(8-15-9)11-16-12(14)18-13(17-11)19-6-2-3-7-19/h4-5,8H,2-3,6-7H2,1H3. The molecule has 0 N–H and O–H groups in total. The first-order valence-corrected chi connectivity index (χ1v) is 6.70. The Labute approximate surface area is 116 Å². The molecule has 1 aliphatic rings. The Hall–Kier alpha value is -1.75. The molecule has 2 aromatic rings. The molecule has 0 aliphatic carbocycles. The Balaban J connectivity index is 1.99. The summed E-state index contributed by atoms with van der Waals surface area (Å²) in [4.78, 5) is 19.3. The zero-order valence-electron chi connectivity index (χ0n) is 10.7. The van der Waals surface area contributed by atoms with Crippen molar-refractivity contribution in [3.63, 3.8) is 0 Å². The van der Waals surface area contributed by atoms with Crippen LogP contribution in [-0.2, 0) is 0 Å². The minimum Gasteiger partial charge on any atom is -0.341 e. The van der Waals surface area contributed by atoms with Gasteiger partial charge in [-0.3, -0.25) is 4.98 Å². The van der Waals surface area contributed by atoms with Gasteiger partial charge in [0, 0.05) is 30.5 Å². The molecule has 1 saturated heterocycles. The average molecular weight is 276 g/mol. The van der Waals surface area contributed by atoms with E-state index >= 15 is 0 Å². The van der Waals surface area contributed by atoms with Crippen LogP contribution in [0.15, 0.2) is 18.3 Å². The van der Waals surface area contributed by atoms with Gasteiger partial charge in [0.2, 0.25) is 11.2 Å². The molecule has 0 aromatic carbocycles. The van der Waals surface area contributed by atoms with Crippen LogP contribution in [0.25, 0.3) is 11.4 Å². The van der Waals surface area contributed by atoms with Crippen molar-refractivity contribution in [1.82, 2.24) is 19.9 Å². The lowest BCUT2D eigenvalue weighted by Gasteiger charge is -2.15. The lowest BCUT2D eigenvalue weighted by Crippen LogP contribution is -2.21. The third-order valence-corrected chi connectivity index (χ3v) is 3.32. The summed E-state index contributed by atoms with van der Waals surface area (Å²) in [6.45, 7) is 3.90. The second kappa shape index (κ2) is 5.09. The summed E-state index contributed by atoms with van der Waals surface area (Å²) < 4.78 is 0. The Morgan fingerprint density at radius 2 is 1.89 bits per heavy atom. The van der Waals surface area contributed by atoms with Crippen molar-refractivity contribution in [1.29, 1.82) is 0 Å². The monoisotopic (exact) mass is 275 g/mol. The Bertz CT molecular complexity index is 578. The summed E-state index contributed by atoms with van der Waals surface area (Å²) in [6.07, 6.45) is 4.10. The number of hydrogen-bond donors (Lipinski definition) is 0. The van der Waals surface area contributed by atoms with Gasteiger partial charge in [0.1, 0.15) is 0 Å². The van der Waals surface area contributed by atoms with E-state index in [0.29, 0.717) is 11.8 Å². The molecule has 6 heteroatoms. The van der Waals surface area contributed by atoms with Crippen molar-refractivity contribution in [3.05, 3.63) is 29.3 Å². The molecular weight excluding hydrogens is 262 g/mol. The predicted octanol–water partition coefficient (Wildman–Crippen LogP) is 2.50. The maximum Gasteiger partial charge on any atom is 0.230 e. The maximum absolute atomic E-state index is 6.00. The quantitative estimate of drug-likeness (QED) is 0.843. The summed E-state index contributed by atoms with van der Waals surface area (Å²) >= 11 is 6.00. The number of aromatic nitrogens is 4. The zero-order valence-corrected chi connectivity index (χ0v) is 11.4. The molecule has 0 saturated carbocycles. The van der Waals surface area contributed by atoms with E-state index in [-0.39, 0.29) is 5.28 Å². The first-order chi connectivity index (χ1) is 9.22. The highest BCUT2D eigenvalue weighted by molar-refractivity contribution is 6.28. The number of aryl methyl sites for hydroxylation is 1. The van der Waals surface area contributed by atoms with Crippen molar-refractivity contribution in [2.24, 2.45) is 0 Å². The van der Waals surface area contributed by atoms with Crippen molar-refractivity contribution in [2.45, 2.75) is 19.8 Å². The normalized spacial score (nSPS) is 14.9. The summed E-state index contributed by atoms with van der Waals surface area (Å²) in [5.41, 5.74) is 1.82. The minimum absolute atomic E-state index is 0.229. The molecule has 3 heterocycles. The summed E-state index contributed by atoms with van der Waals surface area (Å²) in [5, 5.41) is 0.229. The van der Waals surface area contributed by atoms with Crippen molar-refractivity contribution in [2.75, 3.05) is 18.0 Å². The van der Waals surface area contributed by atoms with E-state index in [9.17, 15) is 0 Å². The summed E-state index contributed by atoms with van der Waals surface area (Å²) in [6, 6.07) is 3.88. The number of nitrogens with zero attached hydrogens (tertiary/aromatic N) is 5. The van der Waals surface area contributed by atoms with Crippen LogP contribution in [-0.4, -0.2) is 33.0 Å². The summed E-state index contributed by atoms with van der Waals surface area (Å²) in [5.74, 6) is 1.24. The fourth-order valence-corrected chi connectivity index (χ4v) is 2.28. The molecular formula is C13H14ClN5. The number of pyridine rings is 1. The van der Waals surface area contributed by atoms with Crippen LogP contribution in [0, 0.1) is 6.92 Å². The van der Waals surface area contributed by atoms with Crippen LogP contribution in [0.3, 0.4) is 0 Å². The Kier molecular flexibility index (Phi) is 3.29. The van der Waals surface area contributed by atoms with Crippen LogP contribution in [0.2, 0.25) is 5.28 Å². The molecule has 0 atom stereocenters. The molecule has 2 aromatic heterocycles. The molecule has 0 bridgehead atoms. The van der Waals surface area contributed by atoms with Crippen molar-refractivity contribution < 1.29 is 0 Å². The van der Waals surface area contributed by atoms with E-state index < -0.39 is 0 Å². The Morgan fingerprint density at radius 1 is 1.11 bits per heavy atom. The maximum atomic E-state index is 6.00. The van der Waals surface area contributed by atoms with E-state index in [1.54, 1.807) is 6.20 Å². The SMILES string of the molecule is Cc1ccc(-c2nc(Cl)nc(N3CCCC3)n2)cn1. The van der Waals surface area contributed by atoms with Gasteiger partial charge in [0.25, 0.3) is 0 Å². The number of hydrogen-bond acceptors (Lipinski definition) is 5. The van der Waals surface area contributed by atoms with Gasteiger partial charge in [0.05, 0.1) is 0 Å². The van der Waals surface area contributed by atoms with Gasteiger partial charge in [0.15, 0.2) is 5.82 Å². The Morgan fingerprint density at radius 3 is 2.58 bits per heavy atom. The molecule has 0 radical (unpaired) electrons. The lowest BCUT2D eigenvalue weighted by molar-refractivity contribution is 0.882. The van der Waals surface area contributed by atoms with Gasteiger partial charge in [-0.1, -0.05) is 0 Å². The first kappa shape index (κ1) is 12.3. The third kappa shape index (κ3) is 2.66. The largest absolute Gasteiger partial charge is 0.341 e. The van der Waals surface area contributed by atoms with Crippen molar-refractivity contribution >= 4 is 17.5 Å². The second-order valence-corrected chi connectivity index (χ2v) is 4.95. The van der Waals surface area contributed by atoms with Crippen LogP contribution >= 0.6 is 11.6 Å². The zero-order chi connectivity index (χ0) is 13.2. The van der Waals surface area contributed by atoms with Gasteiger partial charge in [-0.05, 0) is 43.5 Å². The van der Waals surface area contributed by atoms with Gasteiger partial charge < -0.3 is 4.90 Å². The number of anilines is 1. The van der Waals surface area contributed by atoms with Crippen LogP contribution in [0.5, 0.6) is 0 Å². The van der Waals surface area contributed by atoms with Crippen LogP contribution in [0.1, 0.15) is 18.5 Å². The highest BCUT2D eigenvalue weighted by Crippen LogP contribution is 2.21. The lowest BCUT2D eigenvalue weighted by atomic mass is 10.2. The molecule has 0 spiro atoms. The fraction of sp³-hybridized carbons (Fsp3) is 0.385. The van der Waals surface area contributed by atoms with Gasteiger partial charge >= 0.3 is 0 Å². The predicted molar refractivity (Wildman–Crippen MR) is 74.3 cm³/mol. The molecule has 5 nitrogen and oxygen atoms in total. The molecule has 1 aliphatic heterocycles. The third-order valence-electron chi connectivity index (χ3n) is 3.15. The van der Waals surface area contributed by atoms with Crippen LogP contribution < -0.4 is 4.90 Å². The van der Waals surface area contributed by atoms with Crippen LogP contribution in [0.4, 0.5) is 5.95 Å². The molecule has 19 heavy (non-hydrogen) atoms. The van der Waals surface area contributed by atoms with E-state index in [1.807, 2.05) is 19.1 Å². The van der Waals surface area contributed by atoms with E-state index in [2.05, 4.69) is 24.8 Å². The van der Waals surface area contributed by atoms with Gasteiger partial charge in [-0.15, -0.1) is 0 Å². The molecule has 1 fully saturated rings. The highest BCUT2D eigenvalue weighted by atomic mass is 35.5. The smallest absolute Gasteiger partial charge is 0.230 e. The number of halogens is 1. The van der Waals surface area contributed by atoms with Crippen molar-refractivity contribution in [3.8, 4) is 11.4 Å². The molecule has 98 valence electrons. The molecule has 3 rings (SSSR count). The molecule has 0 unspecified atom stereocenters. The fourth-order valence-electron chi connectivity index (χ4n) is 2.13. The minimum atomic E-state index is 0.229. The topological polar surface area (TPSA) is 54.8 Å². The van der Waals surface area contributed by atoms with E-state index in [0.717, 1.165) is 24.3 Å². The van der Waals surface area contributed by atoms with E-state index in [1.165, 1.54) is 12.8 Å². The van der Waals surface area contributed by atoms with Gasteiger partial charge in [-0.25, -0.2) is 0 Å². The first-order valence-electron chi connectivity index (χ1n) is 6.32. The average Bonchev–Trinajstić information content (AvgIpc) is 2.93. The van der Waals surface area contributed by atoms with Gasteiger partial charge in [-0.2, -0.15) is 15.0 Å². The second-order valence-electron chi connectivity index (χ2n) is 4.61. The molecule has 0 amide bonds. The van der Waals surface area contributed by atoms with E-state index in [4.69, 9.17) is 11.6 Å².